The van der Waals surface area contributed by atoms with Gasteiger partial charge in [0.05, 0.1) is 38.7 Å². The minimum Gasteiger partial charge on any atom is -0.387 e. The van der Waals surface area contributed by atoms with E-state index in [9.17, 15) is 19.3 Å². The van der Waals surface area contributed by atoms with Crippen molar-refractivity contribution in [1.82, 2.24) is 9.55 Å². The van der Waals surface area contributed by atoms with Gasteiger partial charge in [-0.25, -0.2) is 4.79 Å². The molecule has 1 aromatic rings. The van der Waals surface area contributed by atoms with Gasteiger partial charge >= 0.3 is 13.3 Å². The first-order chi connectivity index (χ1) is 14.7. The van der Waals surface area contributed by atoms with E-state index >= 15 is 0 Å². The molecule has 2 heterocycles. The smallest absolute Gasteiger partial charge is 0.331 e. The summed E-state index contributed by atoms with van der Waals surface area (Å²) in [4.78, 5) is 26.4. The zero-order chi connectivity index (χ0) is 23.2. The van der Waals surface area contributed by atoms with Crippen LogP contribution in [0.4, 0.5) is 0 Å². The largest absolute Gasteiger partial charge is 0.387 e. The highest BCUT2D eigenvalue weighted by atomic mass is 31.2. The average molecular weight is 464 g/mol. The molecule has 12 heteroatoms. The molecule has 11 nitrogen and oxygen atoms in total. The zero-order valence-electron chi connectivity index (χ0n) is 18.6. The number of nitrogens with zero attached hydrogens (tertiary/aromatic N) is 1. The highest BCUT2D eigenvalue weighted by molar-refractivity contribution is 7.53. The normalized spacial score (nSPS) is 25.1. The van der Waals surface area contributed by atoms with Crippen LogP contribution in [0.5, 0.6) is 0 Å². The van der Waals surface area contributed by atoms with Crippen molar-refractivity contribution in [1.29, 1.82) is 0 Å². The van der Waals surface area contributed by atoms with Gasteiger partial charge in [0, 0.05) is 18.9 Å². The number of aromatic nitrogens is 2. The monoisotopic (exact) mass is 464 g/mol. The maximum atomic E-state index is 12.9. The van der Waals surface area contributed by atoms with Gasteiger partial charge in [-0.05, 0) is 26.7 Å². The summed E-state index contributed by atoms with van der Waals surface area (Å²) in [6.45, 7) is 7.63. The Bertz CT molecular complexity index is 861. The fraction of sp³-hybridized carbons (Fsp3) is 0.789. The molecule has 1 aliphatic heterocycles. The van der Waals surface area contributed by atoms with E-state index in [1.807, 2.05) is 0 Å². The minimum atomic E-state index is -3.38. The lowest BCUT2D eigenvalue weighted by molar-refractivity contribution is -0.0819. The third-order valence-corrected chi connectivity index (χ3v) is 7.32. The number of hydrogen-bond acceptors (Lipinski definition) is 9. The number of hydrogen-bond donors (Lipinski definition) is 2. The molecule has 0 saturated carbocycles. The molecule has 178 valence electrons. The van der Waals surface area contributed by atoms with Crippen molar-refractivity contribution in [2.24, 2.45) is 5.92 Å². The number of aliphatic hydroxyl groups is 1. The average Bonchev–Trinajstić information content (AvgIpc) is 3.01. The Hall–Kier alpha value is -1.33. The number of H-pyrrole nitrogens is 1. The second kappa shape index (κ2) is 11.5. The third kappa shape index (κ3) is 6.35. The number of rotatable bonds is 12. The van der Waals surface area contributed by atoms with Crippen molar-refractivity contribution in [2.45, 2.75) is 52.2 Å². The summed E-state index contributed by atoms with van der Waals surface area (Å²) < 4.78 is 41.6. The third-order valence-electron chi connectivity index (χ3n) is 4.99. The quantitative estimate of drug-likeness (QED) is 0.343. The summed E-state index contributed by atoms with van der Waals surface area (Å²) in [5.41, 5.74) is -0.881. The Labute approximate surface area is 181 Å². The first kappa shape index (κ1) is 25.9. The van der Waals surface area contributed by atoms with Crippen LogP contribution in [0.1, 0.15) is 32.6 Å². The number of aromatic amines is 1. The van der Waals surface area contributed by atoms with Crippen LogP contribution in [0.3, 0.4) is 0 Å². The summed E-state index contributed by atoms with van der Waals surface area (Å²) in [6, 6.07) is 0. The zero-order valence-corrected chi connectivity index (χ0v) is 19.5. The van der Waals surface area contributed by atoms with E-state index in [1.54, 1.807) is 27.7 Å². The first-order valence-corrected chi connectivity index (χ1v) is 12.0. The molecule has 5 atom stereocenters. The molecule has 1 fully saturated rings. The van der Waals surface area contributed by atoms with Crippen LogP contribution in [0, 0.1) is 12.8 Å². The van der Waals surface area contributed by atoms with Crippen molar-refractivity contribution < 1.29 is 32.9 Å². The molecular formula is C19H33N2O9P. The van der Waals surface area contributed by atoms with E-state index in [2.05, 4.69) is 4.98 Å². The molecule has 0 spiro atoms. The van der Waals surface area contributed by atoms with Crippen molar-refractivity contribution in [3.05, 3.63) is 32.6 Å². The van der Waals surface area contributed by atoms with Crippen LogP contribution in [0.15, 0.2) is 15.8 Å². The van der Waals surface area contributed by atoms with E-state index in [1.165, 1.54) is 17.9 Å². The number of aryl methyl sites for hydroxylation is 1. The molecule has 1 aliphatic rings. The number of ether oxygens (including phenoxy) is 3. The Kier molecular flexibility index (Phi) is 9.63. The Morgan fingerprint density at radius 3 is 2.48 bits per heavy atom. The molecule has 2 unspecified atom stereocenters. The second-order valence-electron chi connectivity index (χ2n) is 7.40. The first-order valence-electron chi connectivity index (χ1n) is 10.3. The van der Waals surface area contributed by atoms with Gasteiger partial charge < -0.3 is 28.4 Å². The van der Waals surface area contributed by atoms with Crippen molar-refractivity contribution >= 4 is 7.60 Å². The van der Waals surface area contributed by atoms with Gasteiger partial charge in [0.1, 0.15) is 12.2 Å². The van der Waals surface area contributed by atoms with Crippen LogP contribution >= 0.6 is 7.60 Å². The van der Waals surface area contributed by atoms with Crippen LogP contribution < -0.4 is 11.2 Å². The molecule has 0 bridgehead atoms. The summed E-state index contributed by atoms with van der Waals surface area (Å²) in [5.74, 6) is -0.447. The number of methoxy groups -OCH3 is 1. The fourth-order valence-corrected chi connectivity index (χ4v) is 5.57. The predicted octanol–water partition coefficient (Wildman–Crippen LogP) is 1.04. The van der Waals surface area contributed by atoms with Gasteiger partial charge in [0.2, 0.25) is 0 Å². The minimum absolute atomic E-state index is 0.0213. The lowest BCUT2D eigenvalue weighted by Gasteiger charge is -2.26. The number of aliphatic hydroxyl groups excluding tert-OH is 1. The SMILES string of the molecule is CCOP(=O)(C[C@@H](C)C1OC(n2cc(C)c(=O)[nH]c2=O)[C@H](OCCOC)[C@@H]1O)OCC. The van der Waals surface area contributed by atoms with E-state index in [0.717, 1.165) is 0 Å². The van der Waals surface area contributed by atoms with Crippen LogP contribution in [-0.2, 0) is 27.8 Å². The molecule has 2 N–H and O–H groups in total. The van der Waals surface area contributed by atoms with Crippen molar-refractivity contribution in [3.8, 4) is 0 Å². The Balaban J connectivity index is 2.32. The van der Waals surface area contributed by atoms with Gasteiger partial charge in [0.25, 0.3) is 5.56 Å². The summed E-state index contributed by atoms with van der Waals surface area (Å²) in [6.07, 6.45) is -2.47. The van der Waals surface area contributed by atoms with E-state index in [-0.39, 0.29) is 32.6 Å². The lowest BCUT2D eigenvalue weighted by atomic mass is 10.00. The molecule has 1 saturated heterocycles. The molecule has 2 rings (SSSR count). The van der Waals surface area contributed by atoms with Crippen LogP contribution in [0.25, 0.3) is 0 Å². The van der Waals surface area contributed by atoms with Gasteiger partial charge in [-0.1, -0.05) is 6.92 Å². The van der Waals surface area contributed by atoms with E-state index in [4.69, 9.17) is 23.3 Å². The molecule has 0 aromatic carbocycles. The highest BCUT2D eigenvalue weighted by Crippen LogP contribution is 2.51. The molecule has 0 aliphatic carbocycles. The predicted molar refractivity (Wildman–Crippen MR) is 112 cm³/mol. The molecule has 0 amide bonds. The fourth-order valence-electron chi connectivity index (χ4n) is 3.59. The molecular weight excluding hydrogens is 431 g/mol. The van der Waals surface area contributed by atoms with E-state index in [0.29, 0.717) is 5.56 Å². The Morgan fingerprint density at radius 2 is 1.90 bits per heavy atom. The molecule has 31 heavy (non-hydrogen) atoms. The van der Waals surface area contributed by atoms with Crippen LogP contribution in [-0.4, -0.2) is 72.7 Å². The van der Waals surface area contributed by atoms with Gasteiger partial charge in [0.15, 0.2) is 6.23 Å². The molecule has 1 aromatic heterocycles. The molecule has 0 radical (unpaired) electrons. The van der Waals surface area contributed by atoms with Crippen LogP contribution in [0.2, 0.25) is 0 Å². The van der Waals surface area contributed by atoms with Crippen molar-refractivity contribution in [3.63, 3.8) is 0 Å². The van der Waals surface area contributed by atoms with Crippen molar-refractivity contribution in [2.75, 3.05) is 39.7 Å². The number of nitrogens with one attached hydrogen (secondary N) is 1. The topological polar surface area (TPSA) is 138 Å². The lowest BCUT2D eigenvalue weighted by Crippen LogP contribution is -2.41. The maximum absolute atomic E-state index is 12.9. The summed E-state index contributed by atoms with van der Waals surface area (Å²) >= 11 is 0. The maximum Gasteiger partial charge on any atom is 0.331 e. The second-order valence-corrected chi connectivity index (χ2v) is 9.50. The van der Waals surface area contributed by atoms with Gasteiger partial charge in [-0.3, -0.25) is 18.9 Å². The standard InChI is InChI=1S/C19H33N2O9P/c1-6-28-31(25,29-7-2)11-13(4)15-14(22)16(27-9-8-26-5)18(30-15)21-10-12(3)17(23)20-19(21)24/h10,13-16,18,22H,6-9,11H2,1-5H3,(H,20,23,24)/t13-,14-,15?,16-,18?/m1/s1. The summed E-state index contributed by atoms with van der Waals surface area (Å²) in [5, 5.41) is 11.0. The van der Waals surface area contributed by atoms with Gasteiger partial charge in [-0.15, -0.1) is 0 Å². The van der Waals surface area contributed by atoms with E-state index < -0.39 is 49.3 Å². The summed E-state index contributed by atoms with van der Waals surface area (Å²) in [7, 11) is -1.87. The van der Waals surface area contributed by atoms with Gasteiger partial charge in [-0.2, -0.15) is 0 Å². The Morgan fingerprint density at radius 1 is 1.26 bits per heavy atom. The highest BCUT2D eigenvalue weighted by Gasteiger charge is 2.49.